The molecule has 0 fully saturated rings. The molecule has 27 heavy (non-hydrogen) atoms. The van der Waals surface area contributed by atoms with Gasteiger partial charge < -0.3 is 19.7 Å². The van der Waals surface area contributed by atoms with E-state index in [9.17, 15) is 4.79 Å². The van der Waals surface area contributed by atoms with Crippen molar-refractivity contribution in [2.75, 3.05) is 23.6 Å². The summed E-state index contributed by atoms with van der Waals surface area (Å²) in [6.45, 7) is 0.920. The van der Waals surface area contributed by atoms with E-state index >= 15 is 0 Å². The van der Waals surface area contributed by atoms with Gasteiger partial charge in [-0.15, -0.1) is 0 Å². The molecular formula is C21H17N3O3. The SMILES string of the molecule is O=C(c1cc(Nc2ccc3c(c2)OCO3)ccn1)N1CCc2ccccc21. The maximum absolute atomic E-state index is 13.0. The van der Waals surface area contributed by atoms with E-state index in [2.05, 4.69) is 16.4 Å². The second kappa shape index (κ2) is 6.32. The van der Waals surface area contributed by atoms with Gasteiger partial charge in [0, 0.05) is 35.9 Å². The summed E-state index contributed by atoms with van der Waals surface area (Å²) in [5.41, 5.74) is 4.23. The number of nitrogens with one attached hydrogen (secondary N) is 1. The highest BCUT2D eigenvalue weighted by molar-refractivity contribution is 6.06. The molecule has 0 saturated heterocycles. The quantitative estimate of drug-likeness (QED) is 0.771. The summed E-state index contributed by atoms with van der Waals surface area (Å²) in [4.78, 5) is 19.0. The standard InChI is InChI=1S/C21H17N3O3/c25-21(24-10-8-14-3-1-2-4-18(14)24)17-11-16(7-9-22-17)23-15-5-6-19-20(12-15)27-13-26-19/h1-7,9,11-12H,8,10,13H2,(H,22,23). The first-order valence-electron chi connectivity index (χ1n) is 8.80. The van der Waals surface area contributed by atoms with Crippen LogP contribution in [0, 0.1) is 0 Å². The minimum atomic E-state index is -0.0886. The fourth-order valence-corrected chi connectivity index (χ4v) is 3.45. The summed E-state index contributed by atoms with van der Waals surface area (Å²) >= 11 is 0. The molecule has 0 saturated carbocycles. The molecule has 134 valence electrons. The van der Waals surface area contributed by atoms with Gasteiger partial charge in [-0.1, -0.05) is 18.2 Å². The monoisotopic (exact) mass is 359 g/mol. The van der Waals surface area contributed by atoms with E-state index in [1.807, 2.05) is 42.5 Å². The fraction of sp³-hybridized carbons (Fsp3) is 0.143. The number of anilines is 3. The molecule has 0 bridgehead atoms. The zero-order chi connectivity index (χ0) is 18.2. The maximum atomic E-state index is 13.0. The summed E-state index contributed by atoms with van der Waals surface area (Å²) in [6, 6.07) is 17.2. The number of ether oxygens (including phenoxy) is 2. The normalized spacial score (nSPS) is 14.1. The van der Waals surface area contributed by atoms with Gasteiger partial charge in [0.25, 0.3) is 5.91 Å². The summed E-state index contributed by atoms with van der Waals surface area (Å²) in [5, 5.41) is 3.29. The van der Waals surface area contributed by atoms with Gasteiger partial charge >= 0.3 is 0 Å². The Morgan fingerprint density at radius 1 is 1.00 bits per heavy atom. The van der Waals surface area contributed by atoms with E-state index in [0.29, 0.717) is 18.0 Å². The maximum Gasteiger partial charge on any atom is 0.276 e. The second-order valence-corrected chi connectivity index (χ2v) is 6.46. The zero-order valence-corrected chi connectivity index (χ0v) is 14.5. The first kappa shape index (κ1) is 15.7. The van der Waals surface area contributed by atoms with Crippen LogP contribution in [0.4, 0.5) is 17.1 Å². The van der Waals surface area contributed by atoms with Gasteiger partial charge in [0.1, 0.15) is 5.69 Å². The Bertz CT molecular complexity index is 1030. The molecular weight excluding hydrogens is 342 g/mol. The highest BCUT2D eigenvalue weighted by atomic mass is 16.7. The average Bonchev–Trinajstić information content (AvgIpc) is 3.34. The van der Waals surface area contributed by atoms with Crippen LogP contribution in [0.2, 0.25) is 0 Å². The number of benzene rings is 2. The lowest BCUT2D eigenvalue weighted by atomic mass is 10.2. The number of aromatic nitrogens is 1. The van der Waals surface area contributed by atoms with Crippen molar-refractivity contribution in [3.8, 4) is 11.5 Å². The Hall–Kier alpha value is -3.54. The summed E-state index contributed by atoms with van der Waals surface area (Å²) in [6.07, 6.45) is 2.52. The summed E-state index contributed by atoms with van der Waals surface area (Å²) < 4.78 is 10.7. The van der Waals surface area contributed by atoms with Crippen molar-refractivity contribution in [1.82, 2.24) is 4.98 Å². The first-order valence-corrected chi connectivity index (χ1v) is 8.80. The Morgan fingerprint density at radius 3 is 2.81 bits per heavy atom. The number of rotatable bonds is 3. The summed E-state index contributed by atoms with van der Waals surface area (Å²) in [5.74, 6) is 1.35. The van der Waals surface area contributed by atoms with Crippen molar-refractivity contribution >= 4 is 23.0 Å². The van der Waals surface area contributed by atoms with Crippen molar-refractivity contribution < 1.29 is 14.3 Å². The van der Waals surface area contributed by atoms with E-state index in [4.69, 9.17) is 9.47 Å². The van der Waals surface area contributed by atoms with Gasteiger partial charge in [0.15, 0.2) is 11.5 Å². The van der Waals surface area contributed by atoms with Crippen LogP contribution < -0.4 is 19.7 Å². The molecule has 0 atom stereocenters. The number of pyridine rings is 1. The predicted molar refractivity (Wildman–Crippen MR) is 102 cm³/mol. The largest absolute Gasteiger partial charge is 0.454 e. The number of para-hydroxylation sites is 1. The van der Waals surface area contributed by atoms with E-state index in [0.717, 1.165) is 29.2 Å². The first-order chi connectivity index (χ1) is 13.3. The van der Waals surface area contributed by atoms with Gasteiger partial charge in [-0.3, -0.25) is 9.78 Å². The molecule has 2 aliphatic rings. The zero-order valence-electron chi connectivity index (χ0n) is 14.5. The number of carbonyl (C=O) groups is 1. The molecule has 2 aliphatic heterocycles. The van der Waals surface area contributed by atoms with Crippen molar-refractivity contribution in [1.29, 1.82) is 0 Å². The van der Waals surface area contributed by atoms with E-state index in [-0.39, 0.29) is 12.7 Å². The molecule has 1 amide bonds. The number of hydrogen-bond donors (Lipinski definition) is 1. The fourth-order valence-electron chi connectivity index (χ4n) is 3.45. The number of carbonyl (C=O) groups excluding carboxylic acids is 1. The molecule has 0 unspecified atom stereocenters. The predicted octanol–water partition coefficient (Wildman–Crippen LogP) is 3.76. The molecule has 0 radical (unpaired) electrons. The molecule has 1 N–H and O–H groups in total. The Labute approximate surface area is 156 Å². The third-order valence-corrected chi connectivity index (χ3v) is 4.77. The Morgan fingerprint density at radius 2 is 1.85 bits per heavy atom. The molecule has 5 rings (SSSR count). The summed E-state index contributed by atoms with van der Waals surface area (Å²) in [7, 11) is 0. The average molecular weight is 359 g/mol. The minimum absolute atomic E-state index is 0.0886. The molecule has 3 aromatic rings. The third-order valence-electron chi connectivity index (χ3n) is 4.77. The van der Waals surface area contributed by atoms with E-state index < -0.39 is 0 Å². The lowest BCUT2D eigenvalue weighted by Crippen LogP contribution is -2.29. The Kier molecular flexibility index (Phi) is 3.67. The second-order valence-electron chi connectivity index (χ2n) is 6.46. The number of fused-ring (bicyclic) bond motifs is 2. The molecule has 0 spiro atoms. The van der Waals surface area contributed by atoms with Gasteiger partial charge in [0.2, 0.25) is 6.79 Å². The molecule has 0 aliphatic carbocycles. The van der Waals surface area contributed by atoms with Gasteiger partial charge in [0.05, 0.1) is 0 Å². The number of nitrogens with zero attached hydrogens (tertiary/aromatic N) is 2. The lowest BCUT2D eigenvalue weighted by Gasteiger charge is -2.17. The molecule has 2 aromatic carbocycles. The van der Waals surface area contributed by atoms with Crippen LogP contribution in [0.25, 0.3) is 0 Å². The van der Waals surface area contributed by atoms with Crippen molar-refractivity contribution in [2.45, 2.75) is 6.42 Å². The molecule has 3 heterocycles. The highest BCUT2D eigenvalue weighted by Gasteiger charge is 2.26. The van der Waals surface area contributed by atoms with Crippen LogP contribution in [0.3, 0.4) is 0 Å². The van der Waals surface area contributed by atoms with Gasteiger partial charge in [-0.2, -0.15) is 0 Å². The van der Waals surface area contributed by atoms with Gasteiger partial charge in [-0.25, -0.2) is 0 Å². The smallest absolute Gasteiger partial charge is 0.276 e. The minimum Gasteiger partial charge on any atom is -0.454 e. The molecule has 1 aromatic heterocycles. The topological polar surface area (TPSA) is 63.7 Å². The number of hydrogen-bond acceptors (Lipinski definition) is 5. The molecule has 6 nitrogen and oxygen atoms in total. The Balaban J connectivity index is 1.39. The van der Waals surface area contributed by atoms with Crippen LogP contribution in [0.5, 0.6) is 11.5 Å². The van der Waals surface area contributed by atoms with Crippen molar-refractivity contribution in [3.63, 3.8) is 0 Å². The molecule has 6 heteroatoms. The number of amides is 1. The van der Waals surface area contributed by atoms with Crippen LogP contribution >= 0.6 is 0 Å². The highest BCUT2D eigenvalue weighted by Crippen LogP contribution is 2.35. The van der Waals surface area contributed by atoms with Crippen LogP contribution in [0.15, 0.2) is 60.8 Å². The van der Waals surface area contributed by atoms with Crippen LogP contribution in [-0.4, -0.2) is 24.2 Å². The van der Waals surface area contributed by atoms with Crippen molar-refractivity contribution in [2.24, 2.45) is 0 Å². The van der Waals surface area contributed by atoms with E-state index in [1.54, 1.807) is 17.2 Å². The van der Waals surface area contributed by atoms with Crippen LogP contribution in [-0.2, 0) is 6.42 Å². The third kappa shape index (κ3) is 2.85. The lowest BCUT2D eigenvalue weighted by molar-refractivity contribution is 0.0984. The van der Waals surface area contributed by atoms with E-state index in [1.165, 1.54) is 5.56 Å². The van der Waals surface area contributed by atoms with Gasteiger partial charge in [-0.05, 0) is 42.3 Å². The van der Waals surface area contributed by atoms with Crippen molar-refractivity contribution in [3.05, 3.63) is 72.1 Å². The van der Waals surface area contributed by atoms with Crippen LogP contribution in [0.1, 0.15) is 16.1 Å².